The van der Waals surface area contributed by atoms with Crippen LogP contribution in [0, 0.1) is 0 Å². The lowest BCUT2D eigenvalue weighted by Crippen LogP contribution is -2.41. The van der Waals surface area contributed by atoms with Crippen molar-refractivity contribution in [1.29, 1.82) is 0 Å². The van der Waals surface area contributed by atoms with Gasteiger partial charge in [0.25, 0.3) is 0 Å². The third kappa shape index (κ3) is 6.32. The minimum Gasteiger partial charge on any atom is -0.497 e. The number of carbonyl (C=O) groups is 1. The summed E-state index contributed by atoms with van der Waals surface area (Å²) in [7, 11) is 3.67. The summed E-state index contributed by atoms with van der Waals surface area (Å²) in [5.74, 6) is 0.691. The fraction of sp³-hybridized carbons (Fsp3) is 0.385. The van der Waals surface area contributed by atoms with Crippen LogP contribution in [0.25, 0.3) is 11.1 Å². The lowest BCUT2D eigenvalue weighted by atomic mass is 10.0. The Labute approximate surface area is 205 Å². The van der Waals surface area contributed by atoms with Gasteiger partial charge in [-0.2, -0.15) is 5.10 Å². The van der Waals surface area contributed by atoms with Crippen molar-refractivity contribution in [3.05, 3.63) is 60.4 Å². The van der Waals surface area contributed by atoms with E-state index in [2.05, 4.69) is 44.2 Å². The van der Waals surface area contributed by atoms with Gasteiger partial charge in [-0.05, 0) is 67.7 Å². The van der Waals surface area contributed by atoms with Crippen LogP contribution in [-0.2, 0) is 0 Å². The van der Waals surface area contributed by atoms with Crippen molar-refractivity contribution >= 4 is 17.4 Å². The van der Waals surface area contributed by atoms with E-state index >= 15 is 0 Å². The van der Waals surface area contributed by atoms with E-state index in [1.807, 2.05) is 36.5 Å². The molecule has 1 aliphatic rings. The van der Waals surface area contributed by atoms with Crippen LogP contribution in [-0.4, -0.2) is 61.2 Å². The molecule has 9 heteroatoms. The van der Waals surface area contributed by atoms with Crippen LogP contribution in [0.2, 0.25) is 0 Å². The molecule has 1 aromatic heterocycles. The van der Waals surface area contributed by atoms with Crippen LogP contribution in [0.4, 0.5) is 16.2 Å². The SMILES string of the molecule is COc1cccc(C(O)CCNC(=O)Nc2ccc(-c3cn[nH]c3)cc2N(C)C2CCNCC2)c1. The first kappa shape index (κ1) is 24.6. The number of anilines is 2. The molecule has 2 amide bonds. The highest BCUT2D eigenvalue weighted by atomic mass is 16.5. The van der Waals surface area contributed by atoms with Crippen molar-refractivity contribution in [2.24, 2.45) is 0 Å². The number of benzene rings is 2. The summed E-state index contributed by atoms with van der Waals surface area (Å²) in [5, 5.41) is 26.7. The molecule has 5 N–H and O–H groups in total. The summed E-state index contributed by atoms with van der Waals surface area (Å²) in [6, 6.07) is 13.4. The topological polar surface area (TPSA) is 115 Å². The molecule has 4 rings (SSSR count). The molecule has 1 unspecified atom stereocenters. The van der Waals surface area contributed by atoms with E-state index in [1.165, 1.54) is 0 Å². The highest BCUT2D eigenvalue weighted by molar-refractivity contribution is 5.94. The Bertz CT molecular complexity index is 1100. The third-order valence-electron chi connectivity index (χ3n) is 6.50. The molecular weight excluding hydrogens is 444 g/mol. The first-order chi connectivity index (χ1) is 17.0. The maximum atomic E-state index is 12.7. The average molecular weight is 479 g/mol. The van der Waals surface area contributed by atoms with Crippen LogP contribution in [0.15, 0.2) is 54.9 Å². The van der Waals surface area contributed by atoms with E-state index in [0.29, 0.717) is 24.8 Å². The Kier molecular flexibility index (Phi) is 8.23. The van der Waals surface area contributed by atoms with Gasteiger partial charge in [0.2, 0.25) is 0 Å². The van der Waals surface area contributed by atoms with Gasteiger partial charge in [-0.25, -0.2) is 4.79 Å². The molecule has 0 bridgehead atoms. The van der Waals surface area contributed by atoms with Crippen molar-refractivity contribution in [3.63, 3.8) is 0 Å². The van der Waals surface area contributed by atoms with Crippen molar-refractivity contribution < 1.29 is 14.6 Å². The average Bonchev–Trinajstić information content (AvgIpc) is 3.44. The number of methoxy groups -OCH3 is 1. The Morgan fingerprint density at radius 1 is 1.23 bits per heavy atom. The number of piperidine rings is 1. The molecule has 186 valence electrons. The van der Waals surface area contributed by atoms with Gasteiger partial charge in [-0.15, -0.1) is 0 Å². The zero-order valence-electron chi connectivity index (χ0n) is 20.3. The number of nitrogens with one attached hydrogen (secondary N) is 4. The van der Waals surface area contributed by atoms with Crippen molar-refractivity contribution in [2.75, 3.05) is 44.0 Å². The molecule has 0 spiro atoms. The van der Waals surface area contributed by atoms with Crippen molar-refractivity contribution in [1.82, 2.24) is 20.8 Å². The summed E-state index contributed by atoms with van der Waals surface area (Å²) in [6.07, 6.45) is 5.43. The Hall–Kier alpha value is -3.56. The molecule has 0 radical (unpaired) electrons. The molecule has 35 heavy (non-hydrogen) atoms. The summed E-state index contributed by atoms with van der Waals surface area (Å²) in [4.78, 5) is 15.0. The number of H-pyrrole nitrogens is 1. The van der Waals surface area contributed by atoms with E-state index < -0.39 is 6.10 Å². The summed E-state index contributed by atoms with van der Waals surface area (Å²) in [6.45, 7) is 2.29. The zero-order chi connectivity index (χ0) is 24.6. The fourth-order valence-corrected chi connectivity index (χ4v) is 4.41. The molecule has 3 aromatic rings. The summed E-state index contributed by atoms with van der Waals surface area (Å²) < 4.78 is 5.22. The second kappa shape index (κ2) is 11.7. The van der Waals surface area contributed by atoms with Crippen molar-refractivity contribution in [3.8, 4) is 16.9 Å². The van der Waals surface area contributed by atoms with E-state index in [9.17, 15) is 9.90 Å². The van der Waals surface area contributed by atoms with Crippen LogP contribution in [0.5, 0.6) is 5.75 Å². The summed E-state index contributed by atoms with van der Waals surface area (Å²) >= 11 is 0. The van der Waals surface area contributed by atoms with Crippen molar-refractivity contribution in [2.45, 2.75) is 31.4 Å². The number of carbonyl (C=O) groups excluding carboxylic acids is 1. The summed E-state index contributed by atoms with van der Waals surface area (Å²) in [5.41, 5.74) is 4.48. The van der Waals surface area contributed by atoms with Crippen LogP contribution in [0.1, 0.15) is 30.9 Å². The molecule has 2 aromatic carbocycles. The lowest BCUT2D eigenvalue weighted by Gasteiger charge is -2.34. The highest BCUT2D eigenvalue weighted by Gasteiger charge is 2.21. The normalized spacial score (nSPS) is 14.8. The number of aliphatic hydroxyl groups excluding tert-OH is 1. The van der Waals surface area contributed by atoms with Gasteiger partial charge >= 0.3 is 6.03 Å². The van der Waals surface area contributed by atoms with E-state index in [-0.39, 0.29) is 6.03 Å². The monoisotopic (exact) mass is 478 g/mol. The number of urea groups is 1. The molecule has 1 atom stereocenters. The maximum Gasteiger partial charge on any atom is 0.319 e. The molecular formula is C26H34N6O3. The Balaban J connectivity index is 1.41. The molecule has 1 fully saturated rings. The number of rotatable bonds is 9. The van der Waals surface area contributed by atoms with Gasteiger partial charge in [0.1, 0.15) is 5.75 Å². The molecule has 9 nitrogen and oxygen atoms in total. The minimum atomic E-state index is -0.693. The maximum absolute atomic E-state index is 12.7. The first-order valence-corrected chi connectivity index (χ1v) is 12.0. The van der Waals surface area contributed by atoms with Gasteiger partial charge in [-0.1, -0.05) is 18.2 Å². The standard InChI is InChI=1S/C26H34N6O3/c1-32(21-8-11-27-12-9-21)24-15-18(20-16-29-30-17-20)6-7-23(24)31-26(34)28-13-10-25(33)19-4-3-5-22(14-19)35-2/h3-7,14-17,21,25,27,33H,8-13H2,1-2H3,(H,29,30)(H2,28,31,34). The fourth-order valence-electron chi connectivity index (χ4n) is 4.41. The number of aromatic amines is 1. The number of amides is 2. The number of hydrogen-bond donors (Lipinski definition) is 5. The molecule has 1 aliphatic heterocycles. The van der Waals surface area contributed by atoms with E-state index in [1.54, 1.807) is 19.4 Å². The number of aromatic nitrogens is 2. The predicted molar refractivity (Wildman–Crippen MR) is 138 cm³/mol. The first-order valence-electron chi connectivity index (χ1n) is 12.0. The smallest absolute Gasteiger partial charge is 0.319 e. The molecule has 1 saturated heterocycles. The number of ether oxygens (including phenoxy) is 1. The number of hydrogen-bond acceptors (Lipinski definition) is 6. The van der Waals surface area contributed by atoms with E-state index in [4.69, 9.17) is 4.74 Å². The van der Waals surface area contributed by atoms with E-state index in [0.717, 1.165) is 54.0 Å². The number of aliphatic hydroxyl groups is 1. The van der Waals surface area contributed by atoms with Gasteiger partial charge in [0.05, 0.1) is 30.8 Å². The minimum absolute atomic E-state index is 0.307. The van der Waals surface area contributed by atoms with Gasteiger partial charge < -0.3 is 30.7 Å². The largest absolute Gasteiger partial charge is 0.497 e. The van der Waals surface area contributed by atoms with Crippen LogP contribution >= 0.6 is 0 Å². The molecule has 2 heterocycles. The van der Waals surface area contributed by atoms with Gasteiger partial charge in [0.15, 0.2) is 0 Å². The second-order valence-corrected chi connectivity index (χ2v) is 8.77. The molecule has 0 aliphatic carbocycles. The third-order valence-corrected chi connectivity index (χ3v) is 6.50. The predicted octanol–water partition coefficient (Wildman–Crippen LogP) is 3.52. The second-order valence-electron chi connectivity index (χ2n) is 8.77. The quantitative estimate of drug-likeness (QED) is 0.322. The highest BCUT2D eigenvalue weighted by Crippen LogP contribution is 2.33. The lowest BCUT2D eigenvalue weighted by molar-refractivity contribution is 0.167. The molecule has 0 saturated carbocycles. The Morgan fingerprint density at radius 2 is 2.06 bits per heavy atom. The van der Waals surface area contributed by atoms with Crippen LogP contribution < -0.4 is 25.6 Å². The Morgan fingerprint density at radius 3 is 2.80 bits per heavy atom. The van der Waals surface area contributed by atoms with Crippen LogP contribution in [0.3, 0.4) is 0 Å². The number of nitrogens with zero attached hydrogens (tertiary/aromatic N) is 2. The van der Waals surface area contributed by atoms with Gasteiger partial charge in [0, 0.05) is 31.4 Å². The van der Waals surface area contributed by atoms with Gasteiger partial charge in [-0.3, -0.25) is 5.10 Å². The zero-order valence-corrected chi connectivity index (χ0v) is 20.3.